The molecule has 6 nitrogen and oxygen atoms in total. The van der Waals surface area contributed by atoms with Crippen molar-refractivity contribution in [2.45, 2.75) is 0 Å². The Bertz CT molecular complexity index is 78.6. The van der Waals surface area contributed by atoms with Crippen molar-refractivity contribution in [3.05, 3.63) is 0 Å². The van der Waals surface area contributed by atoms with Crippen LogP contribution in [-0.2, 0) is 26.4 Å². The van der Waals surface area contributed by atoms with E-state index in [2.05, 4.69) is 0 Å². The summed E-state index contributed by atoms with van der Waals surface area (Å²) in [5, 5.41) is 0. The van der Waals surface area contributed by atoms with E-state index in [4.69, 9.17) is 24.8 Å². The topological polar surface area (TPSA) is 126 Å². The van der Waals surface area contributed by atoms with Gasteiger partial charge in [-0.15, -0.1) is 0 Å². The third kappa shape index (κ3) is 110. The molecule has 0 bridgehead atoms. The van der Waals surface area contributed by atoms with Gasteiger partial charge in [-0.05, 0) is 0 Å². The first-order valence-corrected chi connectivity index (χ1v) is 4.36. The van der Waals surface area contributed by atoms with Gasteiger partial charge < -0.3 is 14.1 Å². The van der Waals surface area contributed by atoms with Crippen molar-refractivity contribution in [3.63, 3.8) is 0 Å². The van der Waals surface area contributed by atoms with Gasteiger partial charge >= 0.3 is 170 Å². The van der Waals surface area contributed by atoms with Crippen molar-refractivity contribution in [2.24, 2.45) is 0 Å². The molecule has 0 aliphatic heterocycles. The van der Waals surface area contributed by atoms with Crippen LogP contribution < -0.4 is 120 Å². The fourth-order valence-corrected chi connectivity index (χ4v) is 0. The van der Waals surface area contributed by atoms with Crippen LogP contribution in [0.4, 0.5) is 0 Å². The van der Waals surface area contributed by atoms with Crippen LogP contribution in [0.3, 0.4) is 0 Å². The van der Waals surface area contributed by atoms with Crippen molar-refractivity contribution in [2.75, 3.05) is 0 Å². The van der Waals surface area contributed by atoms with E-state index in [0.717, 1.165) is 0 Å². The van der Waals surface area contributed by atoms with Gasteiger partial charge in [0.05, 0.1) is 0 Å². The Morgan fingerprint density at radius 3 is 1.09 bits per heavy atom. The molecule has 0 radical (unpaired) electrons. The molecule has 0 aromatic heterocycles. The second-order valence-electron chi connectivity index (χ2n) is 0.500. The zero-order chi connectivity index (χ0) is 7.15. The Balaban J connectivity index is -0.0000000171. The first kappa shape index (κ1) is 29.6. The van der Waals surface area contributed by atoms with Gasteiger partial charge in [-0.1, -0.05) is 0 Å². The predicted molar refractivity (Wildman–Crippen MR) is 12.9 cm³/mol. The Labute approximate surface area is 187 Å². The van der Waals surface area contributed by atoms with E-state index >= 15 is 0 Å². The monoisotopic (exact) mass is 290 g/mol. The Kier molecular flexibility index (Phi) is 64.6. The predicted octanol–water partition coefficient (Wildman–Crippen LogP) is -11.7. The molecule has 0 aliphatic carbocycles. The molecule has 0 unspecified atom stereocenters. The molecule has 0 aromatic carbocycles. The van der Waals surface area contributed by atoms with Crippen molar-refractivity contribution in [1.82, 2.24) is 0 Å². The van der Waals surface area contributed by atoms with E-state index in [1.807, 2.05) is 0 Å². The van der Waals surface area contributed by atoms with Gasteiger partial charge in [0.25, 0.3) is 0 Å². The van der Waals surface area contributed by atoms with Crippen LogP contribution in [0.2, 0.25) is 0 Å². The molecule has 0 spiro atoms. The molecular formula is CaK2O6SiTi. The molecule has 0 rings (SSSR count). The first-order valence-electron chi connectivity index (χ1n) is 1.22. The average molecular weight is 290 g/mol. The molecule has 11 heteroatoms. The zero-order valence-corrected chi connectivity index (χ0v) is 17.2. The van der Waals surface area contributed by atoms with Gasteiger partial charge in [-0.3, -0.25) is 0 Å². The normalized spacial score (nSPS) is 4.55. The second kappa shape index (κ2) is 24.0. The SMILES string of the molecule is O=[Si]([O-])[O-].[Ca+2].[K+].[K+].[O]=[Ti]([O-])[O-]. The van der Waals surface area contributed by atoms with E-state index in [-0.39, 0.29) is 141 Å². The average Bonchev–Trinajstić information content (AvgIpc) is 1.25. The third-order valence-electron chi connectivity index (χ3n) is 0. The van der Waals surface area contributed by atoms with E-state index in [1.54, 1.807) is 0 Å². The molecule has 0 saturated heterocycles. The fourth-order valence-electron chi connectivity index (χ4n) is 0. The van der Waals surface area contributed by atoms with Crippen LogP contribution >= 0.6 is 0 Å². The summed E-state index contributed by atoms with van der Waals surface area (Å²) in [4.78, 5) is 17.0. The van der Waals surface area contributed by atoms with Crippen molar-refractivity contribution >= 4 is 46.9 Å². The van der Waals surface area contributed by atoms with Gasteiger partial charge in [0.2, 0.25) is 0 Å². The van der Waals surface area contributed by atoms with Crippen LogP contribution in [-0.4, -0.2) is 46.9 Å². The van der Waals surface area contributed by atoms with E-state index in [1.165, 1.54) is 0 Å². The minimum atomic E-state index is -4.08. The van der Waals surface area contributed by atoms with Crippen LogP contribution in [0.15, 0.2) is 0 Å². The third-order valence-corrected chi connectivity index (χ3v) is 0. The maximum absolute atomic E-state index is 8.58. The van der Waals surface area contributed by atoms with Crippen LogP contribution in [0.5, 0.6) is 0 Å². The van der Waals surface area contributed by atoms with Gasteiger partial charge in [0.1, 0.15) is 0 Å². The van der Waals surface area contributed by atoms with E-state index < -0.39 is 27.8 Å². The summed E-state index contributed by atoms with van der Waals surface area (Å²) in [6, 6.07) is 0. The summed E-state index contributed by atoms with van der Waals surface area (Å²) in [6.45, 7) is 0. The standard InChI is InChI=1S/Ca.2K.O3Si.3O.Ti/c;;;1-4(2)3;;;;/q+2;2*+1;-2;;2*-1;. The summed E-state index contributed by atoms with van der Waals surface area (Å²) >= 11 is -4.08. The molecule has 0 atom stereocenters. The van der Waals surface area contributed by atoms with Crippen molar-refractivity contribution < 1.29 is 146 Å². The zero-order valence-electron chi connectivity index (χ0n) is 6.16. The molecule has 0 saturated carbocycles. The number of rotatable bonds is 0. The quantitative estimate of drug-likeness (QED) is 0.408. The molecule has 0 aliphatic rings. The first-order chi connectivity index (χ1) is 3.46. The number of hydrogen-bond donors (Lipinski definition) is 0. The second-order valence-corrected chi connectivity index (χ2v) is 1.78. The van der Waals surface area contributed by atoms with Crippen molar-refractivity contribution in [1.29, 1.82) is 0 Å². The van der Waals surface area contributed by atoms with Gasteiger partial charge in [0.15, 0.2) is 0 Å². The Morgan fingerprint density at radius 1 is 1.09 bits per heavy atom. The summed E-state index contributed by atoms with van der Waals surface area (Å²) in [5.41, 5.74) is 0. The van der Waals surface area contributed by atoms with Gasteiger partial charge in [-0.25, -0.2) is 0 Å². The maximum atomic E-state index is 8.58. The summed E-state index contributed by atoms with van der Waals surface area (Å²) in [7, 11) is -3.63. The Morgan fingerprint density at radius 2 is 1.09 bits per heavy atom. The molecule has 48 valence electrons. The Hall–Kier alpha value is 4.58. The van der Waals surface area contributed by atoms with Crippen LogP contribution in [0.1, 0.15) is 0 Å². The van der Waals surface area contributed by atoms with Crippen LogP contribution in [0, 0.1) is 0 Å². The van der Waals surface area contributed by atoms with E-state index in [0.29, 0.717) is 0 Å². The molecule has 0 aromatic rings. The molecule has 0 N–H and O–H groups in total. The fraction of sp³-hybridized carbons (Fsp3) is 0. The molecular weight excluding hydrogens is 290 g/mol. The van der Waals surface area contributed by atoms with Crippen molar-refractivity contribution in [3.8, 4) is 0 Å². The summed E-state index contributed by atoms with van der Waals surface area (Å²) in [5.74, 6) is 0. The molecule has 0 heterocycles. The molecule has 0 fully saturated rings. The van der Waals surface area contributed by atoms with E-state index in [9.17, 15) is 0 Å². The molecule has 0 amide bonds. The van der Waals surface area contributed by atoms with Gasteiger partial charge in [0, 0.05) is 9.17 Å². The molecule has 11 heavy (non-hydrogen) atoms. The van der Waals surface area contributed by atoms with Gasteiger partial charge in [-0.2, -0.15) is 0 Å². The summed E-state index contributed by atoms with van der Waals surface area (Å²) < 4.78 is 34.3. The minimum absolute atomic E-state index is 0. The van der Waals surface area contributed by atoms with Crippen LogP contribution in [0.25, 0.3) is 0 Å². The number of hydrogen-bond acceptors (Lipinski definition) is 6. The summed E-state index contributed by atoms with van der Waals surface area (Å²) in [6.07, 6.45) is 0.